The molecular weight excluding hydrogens is 379 g/mol. The van der Waals surface area contributed by atoms with E-state index in [1.807, 2.05) is 0 Å². The predicted molar refractivity (Wildman–Crippen MR) is 83.9 cm³/mol. The number of hydrogen-bond donors (Lipinski definition) is 2. The van der Waals surface area contributed by atoms with Gasteiger partial charge in [0.05, 0.1) is 11.8 Å². The third kappa shape index (κ3) is 5.20. The van der Waals surface area contributed by atoms with Crippen LogP contribution < -0.4 is 10.1 Å². The Bertz CT molecular complexity index is 711. The number of carboxylic acid groups (broad SMARTS) is 1. The van der Waals surface area contributed by atoms with E-state index in [9.17, 15) is 31.5 Å². The summed E-state index contributed by atoms with van der Waals surface area (Å²) < 4.78 is 68.4. The quantitative estimate of drug-likeness (QED) is 0.748. The Balaban J connectivity index is 2.09. The lowest BCUT2D eigenvalue weighted by atomic mass is 9.96. The van der Waals surface area contributed by atoms with Gasteiger partial charge in [-0.25, -0.2) is 13.6 Å². The fourth-order valence-corrected chi connectivity index (χ4v) is 2.74. The van der Waals surface area contributed by atoms with Gasteiger partial charge in [-0.3, -0.25) is 4.79 Å². The number of benzene rings is 1. The van der Waals surface area contributed by atoms with Crippen molar-refractivity contribution in [3.63, 3.8) is 0 Å². The normalized spacial score (nSPS) is 20.0. The average molecular weight is 396 g/mol. The van der Waals surface area contributed by atoms with Gasteiger partial charge < -0.3 is 20.1 Å². The van der Waals surface area contributed by atoms with Gasteiger partial charge in [-0.05, 0) is 18.6 Å². The van der Waals surface area contributed by atoms with Gasteiger partial charge in [0.2, 0.25) is 0 Å². The maximum Gasteiger partial charge on any atom is 0.394 e. The molecule has 1 saturated heterocycles. The number of nitrogens with zero attached hydrogens (tertiary/aromatic N) is 1. The molecule has 0 spiro atoms. The number of aryl methyl sites for hydroxylation is 1. The van der Waals surface area contributed by atoms with Gasteiger partial charge in [0.1, 0.15) is 12.4 Å². The number of rotatable bonds is 5. The van der Waals surface area contributed by atoms with Crippen LogP contribution in [0.2, 0.25) is 0 Å². The Morgan fingerprint density at radius 2 is 2.00 bits per heavy atom. The zero-order valence-electron chi connectivity index (χ0n) is 14.1. The maximum absolute atomic E-state index is 13.0. The first-order chi connectivity index (χ1) is 12.5. The number of hydrogen-bond acceptors (Lipinski definition) is 3. The summed E-state index contributed by atoms with van der Waals surface area (Å²) in [4.78, 5) is 24.0. The summed E-state index contributed by atoms with van der Waals surface area (Å²) in [6.07, 6.45) is -7.45. The van der Waals surface area contributed by atoms with Crippen molar-refractivity contribution in [2.24, 2.45) is 11.8 Å². The number of halogens is 5. The lowest BCUT2D eigenvalue weighted by molar-refractivity contribution is -0.187. The van der Waals surface area contributed by atoms with Crippen LogP contribution in [-0.2, 0) is 4.79 Å². The highest BCUT2D eigenvalue weighted by atomic mass is 19.4. The third-order valence-electron chi connectivity index (χ3n) is 4.15. The van der Waals surface area contributed by atoms with Crippen LogP contribution in [0.25, 0.3) is 0 Å². The molecule has 0 aromatic heterocycles. The standard InChI is InChI=1S/C16H17F5N2O4/c1-8-2-3-9(4-12(8)27-7-13(17)18)22-15(26)23-5-10(14(24)25)11(6-23)16(19,20)21/h2-4,10-11,13H,5-7H2,1H3,(H,22,26)(H,24,25)/t10-,11-/m1/s1. The summed E-state index contributed by atoms with van der Waals surface area (Å²) in [5.41, 5.74) is 0.648. The molecule has 0 saturated carbocycles. The van der Waals surface area contributed by atoms with Crippen molar-refractivity contribution in [1.82, 2.24) is 4.90 Å². The molecule has 0 unspecified atom stereocenters. The van der Waals surface area contributed by atoms with E-state index in [0.29, 0.717) is 5.56 Å². The molecule has 1 fully saturated rings. The third-order valence-corrected chi connectivity index (χ3v) is 4.15. The number of nitrogens with one attached hydrogen (secondary N) is 1. The molecule has 1 aliphatic rings. The van der Waals surface area contributed by atoms with Crippen molar-refractivity contribution >= 4 is 17.7 Å². The van der Waals surface area contributed by atoms with Crippen LogP contribution in [0.15, 0.2) is 18.2 Å². The highest BCUT2D eigenvalue weighted by Crippen LogP contribution is 2.38. The summed E-state index contributed by atoms with van der Waals surface area (Å²) in [5.74, 6) is -5.46. The second kappa shape index (κ2) is 7.97. The molecule has 0 radical (unpaired) electrons. The minimum Gasteiger partial charge on any atom is -0.487 e. The van der Waals surface area contributed by atoms with Crippen molar-refractivity contribution < 1.29 is 41.4 Å². The molecule has 0 aliphatic carbocycles. The van der Waals surface area contributed by atoms with Crippen LogP contribution in [0.1, 0.15) is 5.56 Å². The Hall–Kier alpha value is -2.59. The summed E-state index contributed by atoms with van der Waals surface area (Å²) in [6, 6.07) is 3.26. The molecular formula is C16H17F5N2O4. The largest absolute Gasteiger partial charge is 0.487 e. The van der Waals surface area contributed by atoms with Crippen LogP contribution in [0.5, 0.6) is 5.75 Å². The molecule has 2 rings (SSSR count). The monoisotopic (exact) mass is 396 g/mol. The molecule has 2 amide bonds. The molecule has 11 heteroatoms. The van der Waals surface area contributed by atoms with Crippen LogP contribution in [-0.4, -0.2) is 54.3 Å². The fraction of sp³-hybridized carbons (Fsp3) is 0.500. The number of alkyl halides is 5. The highest BCUT2D eigenvalue weighted by molar-refractivity contribution is 5.90. The Morgan fingerprint density at radius 1 is 1.33 bits per heavy atom. The van der Waals surface area contributed by atoms with Gasteiger partial charge in [-0.15, -0.1) is 0 Å². The molecule has 1 aromatic carbocycles. The molecule has 0 bridgehead atoms. The highest BCUT2D eigenvalue weighted by Gasteiger charge is 2.53. The number of amides is 2. The number of urea groups is 1. The first-order valence-corrected chi connectivity index (χ1v) is 7.86. The van der Waals surface area contributed by atoms with E-state index >= 15 is 0 Å². The molecule has 150 valence electrons. The number of anilines is 1. The number of carboxylic acids is 1. The number of aliphatic carboxylic acids is 1. The minimum atomic E-state index is -4.75. The maximum atomic E-state index is 13.0. The van der Waals surface area contributed by atoms with Gasteiger partial charge in [0.15, 0.2) is 0 Å². The SMILES string of the molecule is Cc1ccc(NC(=O)N2C[C@@H](C(F)(F)F)[C@H](C(=O)O)C2)cc1OCC(F)F. The second-order valence-corrected chi connectivity index (χ2v) is 6.11. The topological polar surface area (TPSA) is 78.9 Å². The number of carbonyl (C=O) groups is 2. The van der Waals surface area contributed by atoms with Crippen molar-refractivity contribution in [1.29, 1.82) is 0 Å². The summed E-state index contributed by atoms with van der Waals surface area (Å²) >= 11 is 0. The molecule has 2 N–H and O–H groups in total. The summed E-state index contributed by atoms with van der Waals surface area (Å²) in [7, 11) is 0. The molecule has 1 aromatic rings. The van der Waals surface area contributed by atoms with E-state index in [2.05, 4.69) is 5.32 Å². The van der Waals surface area contributed by atoms with Crippen LogP contribution >= 0.6 is 0 Å². The first-order valence-electron chi connectivity index (χ1n) is 7.86. The minimum absolute atomic E-state index is 0.0890. The zero-order chi connectivity index (χ0) is 20.4. The van der Waals surface area contributed by atoms with Gasteiger partial charge in [-0.2, -0.15) is 13.2 Å². The van der Waals surface area contributed by atoms with Gasteiger partial charge >= 0.3 is 18.2 Å². The van der Waals surface area contributed by atoms with Gasteiger partial charge in [0.25, 0.3) is 6.43 Å². The van der Waals surface area contributed by atoms with Gasteiger partial charge in [0, 0.05) is 24.8 Å². The molecule has 1 heterocycles. The van der Waals surface area contributed by atoms with E-state index in [1.54, 1.807) is 6.92 Å². The average Bonchev–Trinajstić information content (AvgIpc) is 3.01. The summed E-state index contributed by atoms with van der Waals surface area (Å²) in [6.45, 7) is -0.630. The van der Waals surface area contributed by atoms with E-state index in [-0.39, 0.29) is 11.4 Å². The Labute approximate surface area is 150 Å². The first kappa shape index (κ1) is 20.7. The number of ether oxygens (including phenoxy) is 1. The van der Waals surface area contributed by atoms with E-state index < -0.39 is 56.1 Å². The molecule has 27 heavy (non-hydrogen) atoms. The number of likely N-dealkylation sites (tertiary alicyclic amines) is 1. The van der Waals surface area contributed by atoms with Gasteiger partial charge in [-0.1, -0.05) is 6.07 Å². The van der Waals surface area contributed by atoms with Crippen LogP contribution in [0.4, 0.5) is 32.4 Å². The summed E-state index contributed by atoms with van der Waals surface area (Å²) in [5, 5.41) is 11.3. The van der Waals surface area contributed by atoms with E-state index in [4.69, 9.17) is 9.84 Å². The Kier molecular flexibility index (Phi) is 6.11. The molecule has 1 aliphatic heterocycles. The van der Waals surface area contributed by atoms with Crippen LogP contribution in [0.3, 0.4) is 0 Å². The van der Waals surface area contributed by atoms with Crippen molar-refractivity contribution in [2.75, 3.05) is 25.0 Å². The second-order valence-electron chi connectivity index (χ2n) is 6.11. The lowest BCUT2D eigenvalue weighted by Gasteiger charge is -2.19. The van der Waals surface area contributed by atoms with Crippen molar-refractivity contribution in [3.8, 4) is 5.75 Å². The Morgan fingerprint density at radius 3 is 2.52 bits per heavy atom. The fourth-order valence-electron chi connectivity index (χ4n) is 2.74. The van der Waals surface area contributed by atoms with Crippen LogP contribution in [0, 0.1) is 18.8 Å². The van der Waals surface area contributed by atoms with E-state index in [0.717, 1.165) is 4.90 Å². The smallest absolute Gasteiger partial charge is 0.394 e. The van der Waals surface area contributed by atoms with E-state index in [1.165, 1.54) is 18.2 Å². The van der Waals surface area contributed by atoms with Crippen molar-refractivity contribution in [3.05, 3.63) is 23.8 Å². The predicted octanol–water partition coefficient (Wildman–Crippen LogP) is 3.37. The zero-order valence-corrected chi connectivity index (χ0v) is 14.1. The molecule has 6 nitrogen and oxygen atoms in total. The lowest BCUT2D eigenvalue weighted by Crippen LogP contribution is -2.35. The van der Waals surface area contributed by atoms with Crippen molar-refractivity contribution in [2.45, 2.75) is 19.5 Å². The number of carbonyl (C=O) groups excluding carboxylic acids is 1. The molecule has 2 atom stereocenters.